The molecule has 0 unspecified atom stereocenters. The molecule has 0 radical (unpaired) electrons. The van der Waals surface area contributed by atoms with Crippen molar-refractivity contribution in [2.45, 2.75) is 6.54 Å². The molecule has 15 heavy (non-hydrogen) atoms. The van der Waals surface area contributed by atoms with Crippen molar-refractivity contribution in [1.29, 1.82) is 0 Å². The molecule has 1 aromatic rings. The maximum Gasteiger partial charge on any atom is 0.198 e. The number of nitrogens with one attached hydrogen (secondary N) is 1. The minimum absolute atomic E-state index is 0.448. The summed E-state index contributed by atoms with van der Waals surface area (Å²) < 4.78 is 5.77. The van der Waals surface area contributed by atoms with E-state index in [4.69, 9.17) is 22.7 Å². The molecule has 0 spiro atoms. The fraction of sp³-hybridized carbons (Fsp3) is 0.556. The zero-order valence-corrected chi connectivity index (χ0v) is 9.22. The third-order valence-corrected chi connectivity index (χ3v) is 2.54. The number of nitrogens with two attached hydrogens (primary N) is 1. The van der Waals surface area contributed by atoms with Crippen LogP contribution in [0.5, 0.6) is 0 Å². The predicted molar refractivity (Wildman–Crippen MR) is 60.3 cm³/mol. The van der Waals surface area contributed by atoms with E-state index < -0.39 is 0 Å². The van der Waals surface area contributed by atoms with Gasteiger partial charge in [-0.2, -0.15) is 0 Å². The lowest BCUT2D eigenvalue weighted by Crippen LogP contribution is -2.36. The van der Waals surface area contributed by atoms with Crippen molar-refractivity contribution in [1.82, 2.24) is 9.97 Å². The highest BCUT2D eigenvalue weighted by atomic mass is 32.1. The van der Waals surface area contributed by atoms with E-state index in [9.17, 15) is 0 Å². The van der Waals surface area contributed by atoms with Crippen molar-refractivity contribution in [3.63, 3.8) is 0 Å². The van der Waals surface area contributed by atoms with Crippen LogP contribution in [0.3, 0.4) is 0 Å². The maximum atomic E-state index is 5.57. The number of nitrogens with zero attached hydrogens (tertiary/aromatic N) is 2. The Bertz CT molecular complexity index is 386. The van der Waals surface area contributed by atoms with Gasteiger partial charge >= 0.3 is 0 Å². The van der Waals surface area contributed by atoms with Gasteiger partial charge in [-0.1, -0.05) is 0 Å². The first-order valence-electron chi connectivity index (χ1n) is 4.92. The number of rotatable bonds is 2. The second-order valence-corrected chi connectivity index (χ2v) is 3.76. The maximum absolute atomic E-state index is 5.57. The zero-order chi connectivity index (χ0) is 10.7. The Morgan fingerprint density at radius 2 is 2.27 bits per heavy atom. The molecule has 5 nitrogen and oxygen atoms in total. The van der Waals surface area contributed by atoms with E-state index in [1.165, 1.54) is 0 Å². The molecule has 0 bridgehead atoms. The molecule has 0 atom stereocenters. The normalized spacial score (nSPS) is 16.7. The number of hydrogen-bond donors (Lipinski definition) is 2. The molecule has 6 heteroatoms. The Morgan fingerprint density at radius 3 is 2.93 bits per heavy atom. The second-order valence-electron chi connectivity index (χ2n) is 3.37. The summed E-state index contributed by atoms with van der Waals surface area (Å²) in [6.07, 6.45) is 0. The first kappa shape index (κ1) is 10.5. The van der Waals surface area contributed by atoms with Crippen molar-refractivity contribution in [2.75, 3.05) is 31.2 Å². The molecule has 2 rings (SSSR count). The lowest BCUT2D eigenvalue weighted by molar-refractivity contribution is 0.122. The Hall–Kier alpha value is -0.980. The number of aromatic nitrogens is 2. The van der Waals surface area contributed by atoms with Gasteiger partial charge in [0.1, 0.15) is 5.82 Å². The van der Waals surface area contributed by atoms with Crippen molar-refractivity contribution >= 4 is 18.0 Å². The molecule has 82 valence electrons. The number of anilines is 1. The van der Waals surface area contributed by atoms with Crippen LogP contribution in [0.1, 0.15) is 5.69 Å². The van der Waals surface area contributed by atoms with Gasteiger partial charge in [-0.3, -0.25) is 0 Å². The smallest absolute Gasteiger partial charge is 0.198 e. The molecular weight excluding hydrogens is 212 g/mol. The quantitative estimate of drug-likeness (QED) is 0.716. The summed E-state index contributed by atoms with van der Waals surface area (Å²) >= 11 is 5.04. The summed E-state index contributed by atoms with van der Waals surface area (Å²) in [5.41, 5.74) is 6.48. The van der Waals surface area contributed by atoms with Gasteiger partial charge in [0, 0.05) is 31.4 Å². The van der Waals surface area contributed by atoms with Crippen molar-refractivity contribution in [3.8, 4) is 0 Å². The molecule has 1 saturated heterocycles. The summed E-state index contributed by atoms with van der Waals surface area (Å²) in [6.45, 7) is 3.64. The van der Waals surface area contributed by atoms with Crippen molar-refractivity contribution in [2.24, 2.45) is 5.73 Å². The number of H-pyrrole nitrogens is 1. The van der Waals surface area contributed by atoms with Gasteiger partial charge < -0.3 is 20.4 Å². The summed E-state index contributed by atoms with van der Waals surface area (Å²) in [4.78, 5) is 9.40. The Morgan fingerprint density at radius 1 is 1.53 bits per heavy atom. The molecule has 0 saturated carbocycles. The summed E-state index contributed by atoms with van der Waals surface area (Å²) in [7, 11) is 0. The Kier molecular flexibility index (Phi) is 3.30. The van der Waals surface area contributed by atoms with Crippen LogP contribution < -0.4 is 10.6 Å². The molecule has 1 aliphatic heterocycles. The first-order chi connectivity index (χ1) is 7.29. The highest BCUT2D eigenvalue weighted by Gasteiger charge is 2.12. The van der Waals surface area contributed by atoms with Gasteiger partial charge in [-0.05, 0) is 12.2 Å². The van der Waals surface area contributed by atoms with E-state index in [2.05, 4.69) is 14.9 Å². The number of hydrogen-bond acceptors (Lipinski definition) is 5. The van der Waals surface area contributed by atoms with Gasteiger partial charge in [0.15, 0.2) is 4.77 Å². The standard InChI is InChI=1S/C9H14N4OS/c10-6-7-5-8(12-9(15)11-7)13-1-3-14-4-2-13/h5H,1-4,6,10H2,(H,11,12,15). The molecule has 0 aliphatic carbocycles. The fourth-order valence-electron chi connectivity index (χ4n) is 1.56. The predicted octanol–water partition coefficient (Wildman–Crippen LogP) is 0.434. The third-order valence-electron chi connectivity index (χ3n) is 2.34. The van der Waals surface area contributed by atoms with Crippen LogP contribution in [0.25, 0.3) is 0 Å². The van der Waals surface area contributed by atoms with Crippen LogP contribution in [0.4, 0.5) is 5.82 Å². The fourth-order valence-corrected chi connectivity index (χ4v) is 1.78. The molecule has 3 N–H and O–H groups in total. The molecule has 0 amide bonds. The number of ether oxygens (including phenoxy) is 1. The van der Waals surface area contributed by atoms with Crippen LogP contribution in [-0.2, 0) is 11.3 Å². The number of morpholine rings is 1. The molecule has 1 aromatic heterocycles. The topological polar surface area (TPSA) is 67.2 Å². The van der Waals surface area contributed by atoms with Crippen molar-refractivity contribution in [3.05, 3.63) is 16.5 Å². The largest absolute Gasteiger partial charge is 0.378 e. The molecule has 2 heterocycles. The van der Waals surface area contributed by atoms with Crippen molar-refractivity contribution < 1.29 is 4.74 Å². The van der Waals surface area contributed by atoms with E-state index in [0.717, 1.165) is 37.8 Å². The lowest BCUT2D eigenvalue weighted by atomic mass is 10.3. The third kappa shape index (κ3) is 2.53. The molecule has 0 aromatic carbocycles. The highest BCUT2D eigenvalue weighted by Crippen LogP contribution is 2.12. The minimum Gasteiger partial charge on any atom is -0.378 e. The molecular formula is C9H14N4OS. The van der Waals surface area contributed by atoms with Crippen LogP contribution >= 0.6 is 12.2 Å². The average molecular weight is 226 g/mol. The van der Waals surface area contributed by atoms with Gasteiger partial charge in [-0.25, -0.2) is 4.98 Å². The highest BCUT2D eigenvalue weighted by molar-refractivity contribution is 7.71. The number of aromatic amines is 1. The van der Waals surface area contributed by atoms with E-state index in [1.807, 2.05) is 6.07 Å². The van der Waals surface area contributed by atoms with E-state index >= 15 is 0 Å². The Balaban J connectivity index is 2.26. The van der Waals surface area contributed by atoms with E-state index in [-0.39, 0.29) is 0 Å². The summed E-state index contributed by atoms with van der Waals surface area (Å²) in [6, 6.07) is 1.95. The summed E-state index contributed by atoms with van der Waals surface area (Å²) in [5, 5.41) is 0. The van der Waals surface area contributed by atoms with Gasteiger partial charge in [0.2, 0.25) is 0 Å². The Labute approximate surface area is 93.3 Å². The summed E-state index contributed by atoms with van der Waals surface area (Å²) in [5.74, 6) is 0.891. The second kappa shape index (κ2) is 4.69. The van der Waals surface area contributed by atoms with Crippen LogP contribution in [-0.4, -0.2) is 36.3 Å². The van der Waals surface area contributed by atoms with E-state index in [1.54, 1.807) is 0 Å². The van der Waals surface area contributed by atoms with Gasteiger partial charge in [0.25, 0.3) is 0 Å². The van der Waals surface area contributed by atoms with Crippen LogP contribution in [0.2, 0.25) is 0 Å². The van der Waals surface area contributed by atoms with Gasteiger partial charge in [-0.15, -0.1) is 0 Å². The molecule has 1 aliphatic rings. The lowest BCUT2D eigenvalue weighted by Gasteiger charge is -2.27. The minimum atomic E-state index is 0.448. The van der Waals surface area contributed by atoms with E-state index in [0.29, 0.717) is 11.3 Å². The first-order valence-corrected chi connectivity index (χ1v) is 5.33. The monoisotopic (exact) mass is 226 g/mol. The molecule has 1 fully saturated rings. The van der Waals surface area contributed by atoms with Gasteiger partial charge in [0.05, 0.1) is 13.2 Å². The van der Waals surface area contributed by atoms with Crippen LogP contribution in [0.15, 0.2) is 6.07 Å². The SMILES string of the molecule is NCc1cc(N2CCOCC2)nc(=S)[nH]1. The average Bonchev–Trinajstić information content (AvgIpc) is 2.29. The van der Waals surface area contributed by atoms with Crippen LogP contribution in [0, 0.1) is 4.77 Å². The zero-order valence-electron chi connectivity index (χ0n) is 8.40.